The van der Waals surface area contributed by atoms with Gasteiger partial charge in [-0.05, 0) is 24.3 Å². The van der Waals surface area contributed by atoms with E-state index in [-0.39, 0.29) is 12.2 Å². The number of H-pyrrole nitrogens is 1. The van der Waals surface area contributed by atoms with Gasteiger partial charge in [-0.1, -0.05) is 0 Å². The maximum absolute atomic E-state index is 11.5. The Kier molecular flexibility index (Phi) is 4.33. The van der Waals surface area contributed by atoms with Crippen molar-refractivity contribution in [2.45, 2.75) is 6.42 Å². The third-order valence-electron chi connectivity index (χ3n) is 2.54. The highest BCUT2D eigenvalue weighted by atomic mass is 16.5. The number of aromatic nitrogens is 2. The summed E-state index contributed by atoms with van der Waals surface area (Å²) in [5.74, 6) is -1.02. The molecule has 0 aliphatic rings. The summed E-state index contributed by atoms with van der Waals surface area (Å²) in [5, 5.41) is 11.3. The van der Waals surface area contributed by atoms with Crippen molar-refractivity contribution >= 4 is 17.7 Å². The van der Waals surface area contributed by atoms with Crippen molar-refractivity contribution in [3.05, 3.63) is 48.0 Å². The maximum Gasteiger partial charge on any atom is 0.411 e. The Bertz CT molecular complexity index is 578. The second kappa shape index (κ2) is 6.37. The zero-order valence-corrected chi connectivity index (χ0v) is 10.5. The molecule has 1 heterocycles. The van der Waals surface area contributed by atoms with Gasteiger partial charge >= 0.3 is 12.1 Å². The van der Waals surface area contributed by atoms with E-state index in [0.717, 1.165) is 5.69 Å². The van der Waals surface area contributed by atoms with Gasteiger partial charge in [-0.15, -0.1) is 0 Å². The van der Waals surface area contributed by atoms with Crippen LogP contribution in [0.5, 0.6) is 0 Å². The molecule has 2 rings (SSSR count). The van der Waals surface area contributed by atoms with Crippen molar-refractivity contribution in [2.24, 2.45) is 0 Å². The Hall–Kier alpha value is -2.83. The van der Waals surface area contributed by atoms with E-state index in [4.69, 9.17) is 9.84 Å². The summed E-state index contributed by atoms with van der Waals surface area (Å²) in [6.07, 6.45) is 3.17. The Labute approximate surface area is 114 Å². The van der Waals surface area contributed by atoms with Crippen molar-refractivity contribution < 1.29 is 19.4 Å². The van der Waals surface area contributed by atoms with Crippen molar-refractivity contribution in [1.82, 2.24) is 9.97 Å². The normalized spacial score (nSPS) is 10.0. The number of ether oxygens (including phenoxy) is 1. The molecule has 0 aliphatic heterocycles. The lowest BCUT2D eigenvalue weighted by molar-refractivity contribution is 0.0697. The number of nitrogens with zero attached hydrogens (tertiary/aromatic N) is 1. The van der Waals surface area contributed by atoms with Gasteiger partial charge in [-0.25, -0.2) is 14.6 Å². The fraction of sp³-hybridized carbons (Fsp3) is 0.154. The van der Waals surface area contributed by atoms with Gasteiger partial charge in [-0.2, -0.15) is 0 Å². The molecule has 20 heavy (non-hydrogen) atoms. The standard InChI is InChI=1S/C13H13N3O4/c17-12(18)9-1-3-10(4-2-9)16-13(19)20-6-5-11-7-14-8-15-11/h1-4,7-8H,5-6H2,(H,14,15)(H,16,19)(H,17,18). The van der Waals surface area contributed by atoms with Gasteiger partial charge in [0.15, 0.2) is 0 Å². The molecule has 0 atom stereocenters. The fourth-order valence-electron chi connectivity index (χ4n) is 1.53. The summed E-state index contributed by atoms with van der Waals surface area (Å²) < 4.78 is 4.98. The van der Waals surface area contributed by atoms with E-state index >= 15 is 0 Å². The first-order valence-electron chi connectivity index (χ1n) is 5.89. The minimum absolute atomic E-state index is 0.156. The quantitative estimate of drug-likeness (QED) is 0.773. The SMILES string of the molecule is O=C(Nc1ccc(C(=O)O)cc1)OCCc1cnc[nH]1. The molecular formula is C13H13N3O4. The van der Waals surface area contributed by atoms with Crippen molar-refractivity contribution in [2.75, 3.05) is 11.9 Å². The van der Waals surface area contributed by atoms with Crippen molar-refractivity contribution in [1.29, 1.82) is 0 Å². The van der Waals surface area contributed by atoms with Crippen LogP contribution in [-0.4, -0.2) is 33.7 Å². The number of aromatic carboxylic acids is 1. The number of anilines is 1. The molecule has 0 unspecified atom stereocenters. The number of carbonyl (C=O) groups is 2. The molecule has 3 N–H and O–H groups in total. The summed E-state index contributed by atoms with van der Waals surface area (Å²) in [5.41, 5.74) is 1.51. The van der Waals surface area contributed by atoms with Crippen LogP contribution in [0.1, 0.15) is 16.1 Å². The number of hydrogen-bond acceptors (Lipinski definition) is 4. The number of imidazole rings is 1. The fourth-order valence-corrected chi connectivity index (χ4v) is 1.53. The van der Waals surface area contributed by atoms with Crippen LogP contribution < -0.4 is 5.32 Å². The summed E-state index contributed by atoms with van der Waals surface area (Å²) >= 11 is 0. The molecule has 0 saturated heterocycles. The molecule has 1 amide bonds. The largest absolute Gasteiger partial charge is 0.478 e. The number of nitrogens with one attached hydrogen (secondary N) is 2. The Morgan fingerprint density at radius 3 is 2.65 bits per heavy atom. The van der Waals surface area contributed by atoms with Crippen LogP contribution in [0, 0.1) is 0 Å². The van der Waals surface area contributed by atoms with E-state index in [0.29, 0.717) is 12.1 Å². The average molecular weight is 275 g/mol. The lowest BCUT2D eigenvalue weighted by Crippen LogP contribution is -2.15. The van der Waals surface area contributed by atoms with Gasteiger partial charge < -0.3 is 14.8 Å². The Balaban J connectivity index is 1.77. The van der Waals surface area contributed by atoms with Gasteiger partial charge in [0, 0.05) is 24.0 Å². The molecule has 0 aliphatic carbocycles. The van der Waals surface area contributed by atoms with Crippen LogP contribution in [0.2, 0.25) is 0 Å². The van der Waals surface area contributed by atoms with Gasteiger partial charge in [0.05, 0.1) is 18.5 Å². The number of hydrogen-bond donors (Lipinski definition) is 3. The van der Waals surface area contributed by atoms with Crippen LogP contribution in [0.3, 0.4) is 0 Å². The third-order valence-corrected chi connectivity index (χ3v) is 2.54. The molecular weight excluding hydrogens is 262 g/mol. The summed E-state index contributed by atoms with van der Waals surface area (Å²) in [6.45, 7) is 0.223. The first-order valence-corrected chi connectivity index (χ1v) is 5.89. The molecule has 0 fully saturated rings. The number of carboxylic acids is 1. The van der Waals surface area contributed by atoms with Crippen LogP contribution in [-0.2, 0) is 11.2 Å². The lowest BCUT2D eigenvalue weighted by atomic mass is 10.2. The molecule has 104 valence electrons. The van der Waals surface area contributed by atoms with Gasteiger partial charge in [0.2, 0.25) is 0 Å². The predicted octanol–water partition coefficient (Wildman–Crippen LogP) is 1.90. The Morgan fingerprint density at radius 1 is 1.30 bits per heavy atom. The molecule has 7 nitrogen and oxygen atoms in total. The summed E-state index contributed by atoms with van der Waals surface area (Å²) in [6, 6.07) is 5.81. The van der Waals surface area contributed by atoms with E-state index < -0.39 is 12.1 Å². The third kappa shape index (κ3) is 3.84. The summed E-state index contributed by atoms with van der Waals surface area (Å²) in [4.78, 5) is 28.9. The average Bonchev–Trinajstić information content (AvgIpc) is 2.92. The monoisotopic (exact) mass is 275 g/mol. The molecule has 0 bridgehead atoms. The minimum Gasteiger partial charge on any atom is -0.478 e. The molecule has 7 heteroatoms. The van der Waals surface area contributed by atoms with Crippen LogP contribution in [0.25, 0.3) is 0 Å². The molecule has 1 aromatic carbocycles. The van der Waals surface area contributed by atoms with Crippen LogP contribution in [0.4, 0.5) is 10.5 Å². The van der Waals surface area contributed by atoms with Crippen LogP contribution >= 0.6 is 0 Å². The lowest BCUT2D eigenvalue weighted by Gasteiger charge is -2.06. The number of aromatic amines is 1. The molecule has 0 saturated carbocycles. The molecule has 2 aromatic rings. The first-order chi connectivity index (χ1) is 9.65. The number of carboxylic acid groups (broad SMARTS) is 1. The number of rotatable bonds is 5. The van der Waals surface area contributed by atoms with Gasteiger partial charge in [0.1, 0.15) is 0 Å². The van der Waals surface area contributed by atoms with Crippen molar-refractivity contribution in [3.63, 3.8) is 0 Å². The zero-order valence-electron chi connectivity index (χ0n) is 10.5. The predicted molar refractivity (Wildman–Crippen MR) is 70.7 cm³/mol. The number of carbonyl (C=O) groups excluding carboxylic acids is 1. The van der Waals surface area contributed by atoms with E-state index in [1.165, 1.54) is 24.3 Å². The maximum atomic E-state index is 11.5. The second-order valence-electron chi connectivity index (χ2n) is 3.97. The molecule has 0 spiro atoms. The molecule has 0 radical (unpaired) electrons. The zero-order chi connectivity index (χ0) is 14.4. The highest BCUT2D eigenvalue weighted by Crippen LogP contribution is 2.09. The molecule has 1 aromatic heterocycles. The topological polar surface area (TPSA) is 104 Å². The van der Waals surface area contributed by atoms with E-state index in [1.807, 2.05) is 0 Å². The summed E-state index contributed by atoms with van der Waals surface area (Å²) in [7, 11) is 0. The number of amides is 1. The highest BCUT2D eigenvalue weighted by Gasteiger charge is 2.05. The number of benzene rings is 1. The van der Waals surface area contributed by atoms with Gasteiger partial charge in [-0.3, -0.25) is 5.32 Å². The smallest absolute Gasteiger partial charge is 0.411 e. The van der Waals surface area contributed by atoms with Gasteiger partial charge in [0.25, 0.3) is 0 Å². The van der Waals surface area contributed by atoms with E-state index in [2.05, 4.69) is 15.3 Å². The van der Waals surface area contributed by atoms with Crippen molar-refractivity contribution in [3.8, 4) is 0 Å². The van der Waals surface area contributed by atoms with Crippen LogP contribution in [0.15, 0.2) is 36.8 Å². The Morgan fingerprint density at radius 2 is 2.05 bits per heavy atom. The minimum atomic E-state index is -1.02. The van der Waals surface area contributed by atoms with E-state index in [9.17, 15) is 9.59 Å². The highest BCUT2D eigenvalue weighted by molar-refractivity contribution is 5.89. The second-order valence-corrected chi connectivity index (χ2v) is 3.97. The first kappa shape index (κ1) is 13.6. The van der Waals surface area contributed by atoms with E-state index in [1.54, 1.807) is 12.5 Å².